The first-order valence-electron chi connectivity index (χ1n) is 15.9. The molecule has 7 heteroatoms. The van der Waals surface area contributed by atoms with Crippen LogP contribution < -0.4 is 4.74 Å². The number of benzene rings is 2. The minimum Gasteiger partial charge on any atom is -0.497 e. The van der Waals surface area contributed by atoms with Gasteiger partial charge in [-0.3, -0.25) is 4.79 Å². The van der Waals surface area contributed by atoms with Gasteiger partial charge in [0.1, 0.15) is 11.6 Å². The average Bonchev–Trinajstić information content (AvgIpc) is 3.70. The SMILES string of the molecule is COc1ccc2c(c1)c(-c1nc3ccc(C(=O)N(CCC(C)C)CCC(C)C)cc3n1CCCN1CCCC1)cn2C. The van der Waals surface area contributed by atoms with Crippen molar-refractivity contribution in [2.45, 2.75) is 66.3 Å². The Hall–Kier alpha value is -3.32. The highest BCUT2D eigenvalue weighted by atomic mass is 16.5. The fourth-order valence-corrected chi connectivity index (χ4v) is 6.15. The van der Waals surface area contributed by atoms with Gasteiger partial charge in [0.05, 0.1) is 18.1 Å². The van der Waals surface area contributed by atoms with E-state index in [1.165, 1.54) is 25.9 Å². The van der Waals surface area contributed by atoms with Crippen LogP contribution in [0.5, 0.6) is 5.75 Å². The Bertz CT molecular complexity index is 1500. The summed E-state index contributed by atoms with van der Waals surface area (Å²) in [7, 11) is 3.79. The first-order valence-corrected chi connectivity index (χ1v) is 15.9. The zero-order valence-corrected chi connectivity index (χ0v) is 26.5. The van der Waals surface area contributed by atoms with Gasteiger partial charge in [-0.05, 0) is 100.0 Å². The number of hydrogen-bond acceptors (Lipinski definition) is 4. The lowest BCUT2D eigenvalue weighted by atomic mass is 10.1. The molecule has 4 aromatic rings. The highest BCUT2D eigenvalue weighted by molar-refractivity contribution is 6.00. The van der Waals surface area contributed by atoms with Crippen LogP contribution in [-0.4, -0.2) is 69.7 Å². The third-order valence-electron chi connectivity index (χ3n) is 8.73. The summed E-state index contributed by atoms with van der Waals surface area (Å²) in [5, 5.41) is 1.12. The predicted molar refractivity (Wildman–Crippen MR) is 173 cm³/mol. The molecule has 2 aromatic carbocycles. The molecular formula is C35H49N5O2. The molecule has 0 bridgehead atoms. The Labute approximate surface area is 251 Å². The van der Waals surface area contributed by atoms with E-state index in [1.54, 1.807) is 7.11 Å². The van der Waals surface area contributed by atoms with Crippen LogP contribution >= 0.6 is 0 Å². The Kier molecular flexibility index (Phi) is 9.57. The molecule has 1 aliphatic heterocycles. The summed E-state index contributed by atoms with van der Waals surface area (Å²) in [4.78, 5) is 23.7. The second-order valence-corrected chi connectivity index (χ2v) is 12.9. The lowest BCUT2D eigenvalue weighted by molar-refractivity contribution is 0.0741. The number of aryl methyl sites for hydroxylation is 2. The van der Waals surface area contributed by atoms with Crippen molar-refractivity contribution in [1.29, 1.82) is 0 Å². The molecule has 1 saturated heterocycles. The number of carbonyl (C=O) groups excluding carboxylic acids is 1. The molecule has 2 aromatic heterocycles. The van der Waals surface area contributed by atoms with Gasteiger partial charge in [-0.2, -0.15) is 0 Å². The monoisotopic (exact) mass is 571 g/mol. The van der Waals surface area contributed by atoms with Gasteiger partial charge in [-0.25, -0.2) is 4.98 Å². The normalized spacial score (nSPS) is 14.2. The van der Waals surface area contributed by atoms with Crippen molar-refractivity contribution in [3.05, 3.63) is 48.2 Å². The summed E-state index contributed by atoms with van der Waals surface area (Å²) < 4.78 is 10.1. The average molecular weight is 572 g/mol. The van der Waals surface area contributed by atoms with Crippen molar-refractivity contribution >= 4 is 27.8 Å². The highest BCUT2D eigenvalue weighted by Gasteiger charge is 2.22. The zero-order valence-electron chi connectivity index (χ0n) is 26.5. The summed E-state index contributed by atoms with van der Waals surface area (Å²) >= 11 is 0. The van der Waals surface area contributed by atoms with E-state index < -0.39 is 0 Å². The molecule has 1 amide bonds. The Morgan fingerprint density at radius 3 is 2.33 bits per heavy atom. The lowest BCUT2D eigenvalue weighted by Crippen LogP contribution is -2.34. The summed E-state index contributed by atoms with van der Waals surface area (Å²) in [5.41, 5.74) is 4.95. The smallest absolute Gasteiger partial charge is 0.253 e. The number of rotatable bonds is 13. The summed E-state index contributed by atoms with van der Waals surface area (Å²) in [5.74, 6) is 3.02. The van der Waals surface area contributed by atoms with Crippen LogP contribution in [0.25, 0.3) is 33.3 Å². The molecule has 0 unspecified atom stereocenters. The van der Waals surface area contributed by atoms with Gasteiger partial charge in [0, 0.05) is 54.9 Å². The largest absolute Gasteiger partial charge is 0.497 e. The lowest BCUT2D eigenvalue weighted by Gasteiger charge is -2.25. The maximum atomic E-state index is 13.9. The summed E-state index contributed by atoms with van der Waals surface area (Å²) in [6.45, 7) is 14.8. The number of imidazole rings is 1. The van der Waals surface area contributed by atoms with E-state index in [0.717, 1.165) is 90.1 Å². The number of hydrogen-bond donors (Lipinski definition) is 0. The molecule has 0 spiro atoms. The van der Waals surface area contributed by atoms with Gasteiger partial charge in [0.25, 0.3) is 5.91 Å². The summed E-state index contributed by atoms with van der Waals surface area (Å²) in [6, 6.07) is 12.3. The first kappa shape index (κ1) is 30.1. The zero-order chi connectivity index (χ0) is 29.8. The predicted octanol–water partition coefficient (Wildman–Crippen LogP) is 7.22. The fourth-order valence-electron chi connectivity index (χ4n) is 6.15. The number of methoxy groups -OCH3 is 1. The van der Waals surface area contributed by atoms with Crippen LogP contribution in [0.1, 0.15) is 70.2 Å². The molecule has 3 heterocycles. The van der Waals surface area contributed by atoms with Gasteiger partial charge in [0.15, 0.2) is 0 Å². The van der Waals surface area contributed by atoms with Crippen LogP contribution in [0.3, 0.4) is 0 Å². The minimum absolute atomic E-state index is 0.125. The van der Waals surface area contributed by atoms with Crippen LogP contribution in [0, 0.1) is 11.8 Å². The number of ether oxygens (including phenoxy) is 1. The molecule has 42 heavy (non-hydrogen) atoms. The number of nitrogens with zero attached hydrogens (tertiary/aromatic N) is 5. The Morgan fingerprint density at radius 2 is 1.67 bits per heavy atom. The second kappa shape index (κ2) is 13.3. The van der Waals surface area contributed by atoms with E-state index in [1.807, 2.05) is 18.2 Å². The molecule has 0 N–H and O–H groups in total. The topological polar surface area (TPSA) is 55.5 Å². The molecule has 226 valence electrons. The van der Waals surface area contributed by atoms with Gasteiger partial charge in [0.2, 0.25) is 0 Å². The molecular weight excluding hydrogens is 522 g/mol. The maximum absolute atomic E-state index is 13.9. The standard InChI is InChI=1S/C35H49N5O2/c1-25(2)14-20-39(21-15-26(3)4)35(41)27-10-12-31-33(22-27)40(19-9-18-38-16-7-8-17-38)34(36-31)30-24-37(5)32-13-11-28(42-6)23-29(30)32/h10-13,22-26H,7-9,14-21H2,1-6H3. The van der Waals surface area contributed by atoms with Gasteiger partial charge < -0.3 is 23.7 Å². The van der Waals surface area contributed by atoms with Gasteiger partial charge in [-0.1, -0.05) is 27.7 Å². The maximum Gasteiger partial charge on any atom is 0.253 e. The molecule has 1 aliphatic rings. The third-order valence-corrected chi connectivity index (χ3v) is 8.73. The highest BCUT2D eigenvalue weighted by Crippen LogP contribution is 2.35. The van der Waals surface area contributed by atoms with Gasteiger partial charge >= 0.3 is 0 Å². The van der Waals surface area contributed by atoms with E-state index in [2.05, 4.69) is 78.1 Å². The van der Waals surface area contributed by atoms with E-state index in [9.17, 15) is 4.79 Å². The van der Waals surface area contributed by atoms with Crippen molar-refractivity contribution in [3.8, 4) is 17.1 Å². The Morgan fingerprint density at radius 1 is 0.952 bits per heavy atom. The third kappa shape index (κ3) is 6.67. The van der Waals surface area contributed by atoms with Gasteiger partial charge in [-0.15, -0.1) is 0 Å². The molecule has 1 fully saturated rings. The number of likely N-dealkylation sites (tertiary alicyclic amines) is 1. The van der Waals surface area contributed by atoms with E-state index >= 15 is 0 Å². The van der Waals surface area contributed by atoms with Crippen molar-refractivity contribution in [2.75, 3.05) is 39.8 Å². The van der Waals surface area contributed by atoms with Crippen molar-refractivity contribution < 1.29 is 9.53 Å². The molecule has 5 rings (SSSR count). The van der Waals surface area contributed by atoms with E-state index in [0.29, 0.717) is 11.8 Å². The van der Waals surface area contributed by atoms with Crippen LogP contribution in [0.15, 0.2) is 42.6 Å². The molecule has 7 nitrogen and oxygen atoms in total. The number of fused-ring (bicyclic) bond motifs is 2. The minimum atomic E-state index is 0.125. The summed E-state index contributed by atoms with van der Waals surface area (Å²) in [6.07, 6.45) is 7.83. The molecule has 0 atom stereocenters. The molecule has 0 radical (unpaired) electrons. The number of carbonyl (C=O) groups is 1. The van der Waals surface area contributed by atoms with E-state index in [4.69, 9.17) is 9.72 Å². The van der Waals surface area contributed by atoms with Crippen molar-refractivity contribution in [3.63, 3.8) is 0 Å². The van der Waals surface area contributed by atoms with Crippen LogP contribution in [0.4, 0.5) is 0 Å². The van der Waals surface area contributed by atoms with Crippen LogP contribution in [-0.2, 0) is 13.6 Å². The quantitative estimate of drug-likeness (QED) is 0.170. The fraction of sp³-hybridized carbons (Fsp3) is 0.543. The number of aromatic nitrogens is 3. The number of amides is 1. The Balaban J connectivity index is 1.55. The van der Waals surface area contributed by atoms with E-state index in [-0.39, 0.29) is 5.91 Å². The molecule has 0 aliphatic carbocycles. The second-order valence-electron chi connectivity index (χ2n) is 12.9. The van der Waals surface area contributed by atoms with Crippen LogP contribution in [0.2, 0.25) is 0 Å². The van der Waals surface area contributed by atoms with Crippen molar-refractivity contribution in [2.24, 2.45) is 18.9 Å². The first-order chi connectivity index (χ1) is 20.2. The van der Waals surface area contributed by atoms with Crippen molar-refractivity contribution in [1.82, 2.24) is 23.9 Å². The molecule has 0 saturated carbocycles.